The highest BCUT2D eigenvalue weighted by Gasteiger charge is 2.25. The molecule has 8 nitrogen and oxygen atoms in total. The van der Waals surface area contributed by atoms with Crippen LogP contribution in [0.4, 0.5) is 5.69 Å². The Morgan fingerprint density at radius 2 is 1.59 bits per heavy atom. The van der Waals surface area contributed by atoms with Crippen LogP contribution in [0.5, 0.6) is 0 Å². The van der Waals surface area contributed by atoms with Gasteiger partial charge in [0.2, 0.25) is 15.9 Å². The number of piperidine rings is 1. The van der Waals surface area contributed by atoms with E-state index in [1.54, 1.807) is 18.2 Å². The Bertz CT molecular complexity index is 1250. The minimum Gasteiger partial charge on any atom is -0.324 e. The van der Waals surface area contributed by atoms with Crippen molar-refractivity contribution in [3.05, 3.63) is 77.1 Å². The predicted molar refractivity (Wildman–Crippen MR) is 122 cm³/mol. The monoisotopic (exact) mass is 452 g/mol. The third kappa shape index (κ3) is 4.95. The Morgan fingerprint density at radius 3 is 2.28 bits per heavy atom. The van der Waals surface area contributed by atoms with Gasteiger partial charge < -0.3 is 5.32 Å². The van der Waals surface area contributed by atoms with Crippen molar-refractivity contribution in [1.29, 1.82) is 0 Å². The van der Waals surface area contributed by atoms with E-state index in [9.17, 15) is 18.0 Å². The van der Waals surface area contributed by atoms with Gasteiger partial charge in [-0.25, -0.2) is 13.1 Å². The van der Waals surface area contributed by atoms with Crippen LogP contribution >= 0.6 is 0 Å². The van der Waals surface area contributed by atoms with Crippen molar-refractivity contribution >= 4 is 21.6 Å². The first-order valence-corrected chi connectivity index (χ1v) is 11.9. The minimum absolute atomic E-state index is 0.200. The number of hydrogen-bond acceptors (Lipinski definition) is 5. The Hall–Kier alpha value is -3.30. The van der Waals surface area contributed by atoms with E-state index in [-0.39, 0.29) is 17.0 Å². The molecule has 1 saturated heterocycles. The van der Waals surface area contributed by atoms with E-state index < -0.39 is 15.9 Å². The lowest BCUT2D eigenvalue weighted by Gasteiger charge is -2.25. The lowest BCUT2D eigenvalue weighted by molar-refractivity contribution is -0.117. The summed E-state index contributed by atoms with van der Waals surface area (Å²) in [5, 5.41) is 6.97. The molecule has 3 aromatic rings. The minimum atomic E-state index is -3.53. The van der Waals surface area contributed by atoms with Gasteiger partial charge in [0.25, 0.3) is 5.56 Å². The highest BCUT2D eigenvalue weighted by atomic mass is 32.2. The van der Waals surface area contributed by atoms with Gasteiger partial charge in [-0.2, -0.15) is 9.40 Å². The Labute approximate surface area is 186 Å². The molecule has 0 spiro atoms. The molecular weight excluding hydrogens is 428 g/mol. The molecule has 166 valence electrons. The van der Waals surface area contributed by atoms with Crippen LogP contribution in [0.2, 0.25) is 0 Å². The van der Waals surface area contributed by atoms with Crippen LogP contribution in [0.15, 0.2) is 76.4 Å². The van der Waals surface area contributed by atoms with Crippen molar-refractivity contribution in [1.82, 2.24) is 14.1 Å². The Balaban J connectivity index is 1.44. The zero-order chi connectivity index (χ0) is 22.6. The Morgan fingerprint density at radius 1 is 0.906 bits per heavy atom. The molecule has 1 aliphatic rings. The molecule has 1 fully saturated rings. The number of rotatable bonds is 6. The van der Waals surface area contributed by atoms with Crippen LogP contribution in [-0.2, 0) is 21.4 Å². The quantitative estimate of drug-likeness (QED) is 0.620. The molecule has 1 N–H and O–H groups in total. The molecule has 32 heavy (non-hydrogen) atoms. The first kappa shape index (κ1) is 21.9. The first-order valence-electron chi connectivity index (χ1n) is 10.5. The fourth-order valence-electron chi connectivity index (χ4n) is 3.63. The number of hydrogen-bond donors (Lipinski definition) is 1. The number of carbonyl (C=O) groups excluding carboxylic acids is 1. The van der Waals surface area contributed by atoms with Crippen molar-refractivity contribution < 1.29 is 13.2 Å². The summed E-state index contributed by atoms with van der Waals surface area (Å²) in [7, 11) is -3.53. The van der Waals surface area contributed by atoms with Gasteiger partial charge in [-0.1, -0.05) is 36.8 Å². The van der Waals surface area contributed by atoms with E-state index in [0.29, 0.717) is 24.5 Å². The second kappa shape index (κ2) is 9.46. The van der Waals surface area contributed by atoms with Crippen LogP contribution in [0, 0.1) is 0 Å². The molecule has 0 unspecified atom stereocenters. The lowest BCUT2D eigenvalue weighted by Crippen LogP contribution is -2.35. The SMILES string of the molecule is O=C(Cn1nc(-c2ccccc2)ccc1=O)Nc1ccc(S(=O)(=O)N2CCCCC2)cc1. The molecule has 0 radical (unpaired) electrons. The van der Waals surface area contributed by atoms with Gasteiger partial charge in [0, 0.05) is 30.4 Å². The second-order valence-electron chi connectivity index (χ2n) is 7.62. The normalized spacial score (nSPS) is 14.8. The summed E-state index contributed by atoms with van der Waals surface area (Å²) in [5.41, 5.74) is 1.49. The number of carbonyl (C=O) groups is 1. The largest absolute Gasteiger partial charge is 0.324 e. The number of sulfonamides is 1. The van der Waals surface area contributed by atoms with E-state index in [1.807, 2.05) is 30.3 Å². The fourth-order valence-corrected chi connectivity index (χ4v) is 5.14. The van der Waals surface area contributed by atoms with Crippen molar-refractivity contribution in [3.8, 4) is 11.3 Å². The first-order chi connectivity index (χ1) is 15.4. The maximum absolute atomic E-state index is 12.7. The van der Waals surface area contributed by atoms with Crippen LogP contribution in [-0.4, -0.2) is 41.5 Å². The zero-order valence-corrected chi connectivity index (χ0v) is 18.3. The molecule has 9 heteroatoms. The Kier molecular flexibility index (Phi) is 6.48. The summed E-state index contributed by atoms with van der Waals surface area (Å²) in [4.78, 5) is 24.8. The van der Waals surface area contributed by atoms with Gasteiger partial charge in [-0.3, -0.25) is 9.59 Å². The molecule has 2 heterocycles. The number of amides is 1. The van der Waals surface area contributed by atoms with Gasteiger partial charge in [0.15, 0.2) is 0 Å². The molecule has 2 aromatic carbocycles. The molecule has 0 aliphatic carbocycles. The van der Waals surface area contributed by atoms with Crippen molar-refractivity contribution in [3.63, 3.8) is 0 Å². The van der Waals surface area contributed by atoms with Gasteiger partial charge in [0.05, 0.1) is 10.6 Å². The highest BCUT2D eigenvalue weighted by Crippen LogP contribution is 2.22. The summed E-state index contributed by atoms with van der Waals surface area (Å²) >= 11 is 0. The molecule has 0 bridgehead atoms. The average molecular weight is 453 g/mol. The molecule has 0 atom stereocenters. The van der Waals surface area contributed by atoms with Crippen molar-refractivity contribution in [2.45, 2.75) is 30.7 Å². The number of benzene rings is 2. The maximum Gasteiger partial charge on any atom is 0.267 e. The number of anilines is 1. The second-order valence-corrected chi connectivity index (χ2v) is 9.56. The van der Waals surface area contributed by atoms with Crippen molar-refractivity contribution in [2.24, 2.45) is 0 Å². The van der Waals surface area contributed by atoms with Gasteiger partial charge in [0.1, 0.15) is 6.54 Å². The molecule has 1 aromatic heterocycles. The number of nitrogens with one attached hydrogen (secondary N) is 1. The summed E-state index contributed by atoms with van der Waals surface area (Å²) in [6, 6.07) is 18.4. The van der Waals surface area contributed by atoms with Gasteiger partial charge in [-0.15, -0.1) is 0 Å². The van der Waals surface area contributed by atoms with Crippen LogP contribution < -0.4 is 10.9 Å². The molecular formula is C23H24N4O4S. The van der Waals surface area contributed by atoms with Gasteiger partial charge >= 0.3 is 0 Å². The van der Waals surface area contributed by atoms with E-state index in [1.165, 1.54) is 22.5 Å². The third-order valence-corrected chi connectivity index (χ3v) is 7.23. The van der Waals surface area contributed by atoms with E-state index >= 15 is 0 Å². The molecule has 4 rings (SSSR count). The smallest absolute Gasteiger partial charge is 0.267 e. The summed E-state index contributed by atoms with van der Waals surface area (Å²) in [6.07, 6.45) is 2.78. The molecule has 0 saturated carbocycles. The van der Waals surface area contributed by atoms with E-state index in [4.69, 9.17) is 0 Å². The van der Waals surface area contributed by atoms with Gasteiger partial charge in [-0.05, 0) is 43.2 Å². The van der Waals surface area contributed by atoms with Crippen LogP contribution in [0.3, 0.4) is 0 Å². The molecule has 1 amide bonds. The standard InChI is InChI=1S/C23H24N4O4S/c28-22(17-27-23(29)14-13-21(25-27)18-7-3-1-4-8-18)24-19-9-11-20(12-10-19)32(30,31)26-15-5-2-6-16-26/h1,3-4,7-14H,2,5-6,15-17H2,(H,24,28). The highest BCUT2D eigenvalue weighted by molar-refractivity contribution is 7.89. The van der Waals surface area contributed by atoms with Crippen molar-refractivity contribution in [2.75, 3.05) is 18.4 Å². The number of aromatic nitrogens is 2. The van der Waals surface area contributed by atoms with E-state index in [2.05, 4.69) is 10.4 Å². The average Bonchev–Trinajstić information content (AvgIpc) is 2.82. The third-order valence-electron chi connectivity index (χ3n) is 5.32. The summed E-state index contributed by atoms with van der Waals surface area (Å²) in [5.74, 6) is -0.434. The zero-order valence-electron chi connectivity index (χ0n) is 17.5. The van der Waals surface area contributed by atoms with E-state index in [0.717, 1.165) is 29.5 Å². The summed E-state index contributed by atoms with van der Waals surface area (Å²) in [6.45, 7) is 0.808. The summed E-state index contributed by atoms with van der Waals surface area (Å²) < 4.78 is 28.1. The topological polar surface area (TPSA) is 101 Å². The predicted octanol–water partition coefficient (Wildman–Crippen LogP) is 2.72. The number of nitrogens with zero attached hydrogens (tertiary/aromatic N) is 3. The fraction of sp³-hybridized carbons (Fsp3) is 0.261. The molecule has 1 aliphatic heterocycles. The van der Waals surface area contributed by atoms with Crippen LogP contribution in [0.1, 0.15) is 19.3 Å². The maximum atomic E-state index is 12.7. The van der Waals surface area contributed by atoms with Crippen LogP contribution in [0.25, 0.3) is 11.3 Å². The lowest BCUT2D eigenvalue weighted by atomic mass is 10.1.